The Bertz CT molecular complexity index is 528. The van der Waals surface area contributed by atoms with Crippen LogP contribution in [0.2, 0.25) is 0 Å². The maximum absolute atomic E-state index is 15.0. The molecule has 0 bridgehead atoms. The molecule has 3 aliphatic carbocycles. The summed E-state index contributed by atoms with van der Waals surface area (Å²) < 4.78 is 44.5. The van der Waals surface area contributed by atoms with E-state index < -0.39 is 18.5 Å². The van der Waals surface area contributed by atoms with Crippen LogP contribution in [-0.2, 0) is 0 Å². The van der Waals surface area contributed by atoms with Crippen LogP contribution in [0.4, 0.5) is 13.2 Å². The summed E-state index contributed by atoms with van der Waals surface area (Å²) in [5.74, 6) is 1.62. The molecule has 0 spiro atoms. The van der Waals surface area contributed by atoms with E-state index in [1.807, 2.05) is 6.08 Å². The Morgan fingerprint density at radius 3 is 2.29 bits per heavy atom. The highest BCUT2D eigenvalue weighted by Crippen LogP contribution is 2.44. The smallest absolute Gasteiger partial charge is 0.134 e. The Balaban J connectivity index is 1.40. The van der Waals surface area contributed by atoms with Gasteiger partial charge in [0.2, 0.25) is 0 Å². The Hall–Kier alpha value is -0.470. The van der Waals surface area contributed by atoms with Gasteiger partial charge in [0.1, 0.15) is 18.5 Å². The SMILES string of the molecule is C=CC(CCC(C)CCC1CCC(C2CCCCC2)C(F)C1F)C1CCC(C)CC1F. The average Bonchev–Trinajstić information content (AvgIpc) is 2.77. The summed E-state index contributed by atoms with van der Waals surface area (Å²) in [6.45, 7) is 8.37. The van der Waals surface area contributed by atoms with E-state index in [1.54, 1.807) is 0 Å². The lowest BCUT2D eigenvalue weighted by molar-refractivity contribution is -0.0123. The predicted octanol–water partition coefficient (Wildman–Crippen LogP) is 9.04. The summed E-state index contributed by atoms with van der Waals surface area (Å²) in [6, 6.07) is 0. The molecule has 3 rings (SSSR count). The lowest BCUT2D eigenvalue weighted by Crippen LogP contribution is -2.41. The summed E-state index contributed by atoms with van der Waals surface area (Å²) >= 11 is 0. The third-order valence-electron chi connectivity index (χ3n) is 9.25. The third-order valence-corrected chi connectivity index (χ3v) is 9.25. The van der Waals surface area contributed by atoms with Gasteiger partial charge in [-0.15, -0.1) is 6.58 Å². The van der Waals surface area contributed by atoms with Gasteiger partial charge in [-0.2, -0.15) is 0 Å². The molecule has 0 N–H and O–H groups in total. The van der Waals surface area contributed by atoms with E-state index in [1.165, 1.54) is 19.3 Å². The number of hydrogen-bond donors (Lipinski definition) is 0. The van der Waals surface area contributed by atoms with E-state index >= 15 is 0 Å². The molecule has 3 fully saturated rings. The topological polar surface area (TPSA) is 0 Å². The summed E-state index contributed by atoms with van der Waals surface area (Å²) in [5.41, 5.74) is 0. The van der Waals surface area contributed by atoms with Gasteiger partial charge in [-0.1, -0.05) is 71.3 Å². The summed E-state index contributed by atoms with van der Waals surface area (Å²) in [6.07, 6.45) is 12.9. The van der Waals surface area contributed by atoms with E-state index in [-0.39, 0.29) is 23.7 Å². The van der Waals surface area contributed by atoms with Crippen molar-refractivity contribution in [3.8, 4) is 0 Å². The van der Waals surface area contributed by atoms with Crippen molar-refractivity contribution in [3.63, 3.8) is 0 Å². The number of alkyl halides is 3. The fourth-order valence-electron chi connectivity index (χ4n) is 7.03. The van der Waals surface area contributed by atoms with Crippen molar-refractivity contribution in [1.29, 1.82) is 0 Å². The van der Waals surface area contributed by atoms with E-state index in [9.17, 15) is 13.2 Å². The first-order chi connectivity index (χ1) is 14.9. The van der Waals surface area contributed by atoms with Gasteiger partial charge in [0.15, 0.2) is 0 Å². The second-order valence-electron chi connectivity index (χ2n) is 11.5. The van der Waals surface area contributed by atoms with Crippen molar-refractivity contribution < 1.29 is 13.2 Å². The second-order valence-corrected chi connectivity index (χ2v) is 11.5. The molecule has 3 heteroatoms. The molecular formula is C28H47F3. The molecule has 3 aliphatic rings. The minimum atomic E-state index is -1.27. The standard InChI is InChI=1S/C28H47F3/c1-4-21(24-16-12-20(3)18-26(24)29)13-10-19(2)11-14-23-15-17-25(28(31)27(23)30)22-8-6-5-7-9-22/h4,19-28H,1,5-18H2,2-3H3. The van der Waals surface area contributed by atoms with Crippen molar-refractivity contribution in [2.45, 2.75) is 122 Å². The minimum absolute atomic E-state index is 0.0378. The van der Waals surface area contributed by atoms with Crippen molar-refractivity contribution in [2.75, 3.05) is 0 Å². The fraction of sp³-hybridized carbons (Fsp3) is 0.929. The van der Waals surface area contributed by atoms with Crippen LogP contribution in [0.3, 0.4) is 0 Å². The molecule has 0 saturated heterocycles. The molecule has 0 amide bonds. The molecule has 0 heterocycles. The molecule has 9 unspecified atom stereocenters. The monoisotopic (exact) mass is 440 g/mol. The number of allylic oxidation sites excluding steroid dienone is 1. The lowest BCUT2D eigenvalue weighted by atomic mass is 9.68. The van der Waals surface area contributed by atoms with Gasteiger partial charge >= 0.3 is 0 Å². The lowest BCUT2D eigenvalue weighted by Gasteiger charge is -2.40. The van der Waals surface area contributed by atoms with Gasteiger partial charge < -0.3 is 0 Å². The van der Waals surface area contributed by atoms with Gasteiger partial charge in [0.05, 0.1) is 0 Å². The van der Waals surface area contributed by atoms with Gasteiger partial charge in [0, 0.05) is 0 Å². The van der Waals surface area contributed by atoms with Crippen LogP contribution in [0, 0.1) is 41.4 Å². The normalized spacial score (nSPS) is 39.7. The van der Waals surface area contributed by atoms with Crippen LogP contribution in [-0.4, -0.2) is 18.5 Å². The maximum atomic E-state index is 15.0. The van der Waals surface area contributed by atoms with E-state index in [0.717, 1.165) is 64.2 Å². The molecular weight excluding hydrogens is 393 g/mol. The van der Waals surface area contributed by atoms with Crippen LogP contribution >= 0.6 is 0 Å². The molecule has 31 heavy (non-hydrogen) atoms. The van der Waals surface area contributed by atoms with Gasteiger partial charge in [-0.25, -0.2) is 13.2 Å². The van der Waals surface area contributed by atoms with E-state index in [2.05, 4.69) is 20.4 Å². The first-order valence-electron chi connectivity index (χ1n) is 13.4. The van der Waals surface area contributed by atoms with Crippen LogP contribution < -0.4 is 0 Å². The van der Waals surface area contributed by atoms with Crippen LogP contribution in [0.1, 0.15) is 104 Å². The van der Waals surface area contributed by atoms with Crippen molar-refractivity contribution in [3.05, 3.63) is 12.7 Å². The molecule has 0 aromatic heterocycles. The zero-order chi connectivity index (χ0) is 22.4. The van der Waals surface area contributed by atoms with Gasteiger partial charge in [-0.3, -0.25) is 0 Å². The molecule has 0 aromatic rings. The molecule has 180 valence electrons. The Kier molecular flexibility index (Phi) is 9.84. The Labute approximate surface area is 189 Å². The van der Waals surface area contributed by atoms with Gasteiger partial charge in [-0.05, 0) is 80.0 Å². The molecule has 9 atom stereocenters. The molecule has 0 aromatic carbocycles. The highest BCUT2D eigenvalue weighted by Gasteiger charge is 2.43. The average molecular weight is 441 g/mol. The van der Waals surface area contributed by atoms with Crippen molar-refractivity contribution in [2.24, 2.45) is 41.4 Å². The van der Waals surface area contributed by atoms with Crippen molar-refractivity contribution in [1.82, 2.24) is 0 Å². The molecule has 0 nitrogen and oxygen atoms in total. The van der Waals surface area contributed by atoms with Crippen LogP contribution in [0.5, 0.6) is 0 Å². The number of hydrogen-bond acceptors (Lipinski definition) is 0. The first kappa shape index (κ1) is 25.2. The molecule has 0 aliphatic heterocycles. The summed E-state index contributed by atoms with van der Waals surface area (Å²) in [7, 11) is 0. The minimum Gasteiger partial charge on any atom is -0.247 e. The summed E-state index contributed by atoms with van der Waals surface area (Å²) in [4.78, 5) is 0. The Morgan fingerprint density at radius 2 is 1.61 bits per heavy atom. The fourth-order valence-corrected chi connectivity index (χ4v) is 7.03. The highest BCUT2D eigenvalue weighted by molar-refractivity contribution is 4.93. The highest BCUT2D eigenvalue weighted by atomic mass is 19.2. The third kappa shape index (κ3) is 6.76. The first-order valence-corrected chi connectivity index (χ1v) is 13.4. The van der Waals surface area contributed by atoms with Crippen LogP contribution in [0.15, 0.2) is 12.7 Å². The van der Waals surface area contributed by atoms with E-state index in [0.29, 0.717) is 24.2 Å². The number of rotatable bonds is 9. The zero-order valence-corrected chi connectivity index (χ0v) is 20.1. The van der Waals surface area contributed by atoms with Crippen LogP contribution in [0.25, 0.3) is 0 Å². The van der Waals surface area contributed by atoms with E-state index in [4.69, 9.17) is 0 Å². The molecule has 3 saturated carbocycles. The largest absolute Gasteiger partial charge is 0.247 e. The predicted molar refractivity (Wildman–Crippen MR) is 125 cm³/mol. The number of halogens is 3. The quantitative estimate of drug-likeness (QED) is 0.314. The molecule has 0 radical (unpaired) electrons. The van der Waals surface area contributed by atoms with Gasteiger partial charge in [0.25, 0.3) is 0 Å². The maximum Gasteiger partial charge on any atom is 0.134 e. The zero-order valence-electron chi connectivity index (χ0n) is 20.1. The Morgan fingerprint density at radius 1 is 0.871 bits per heavy atom. The second kappa shape index (κ2) is 12.1. The summed E-state index contributed by atoms with van der Waals surface area (Å²) in [5, 5.41) is 0. The van der Waals surface area contributed by atoms with Crippen molar-refractivity contribution >= 4 is 0 Å².